The van der Waals surface area contributed by atoms with E-state index in [-0.39, 0.29) is 0 Å². The van der Waals surface area contributed by atoms with E-state index in [2.05, 4.69) is 20.3 Å². The van der Waals surface area contributed by atoms with E-state index in [1.54, 1.807) is 0 Å². The molecule has 0 aliphatic heterocycles. The Morgan fingerprint density at radius 1 is 1.36 bits per heavy atom. The summed E-state index contributed by atoms with van der Waals surface area (Å²) in [6.45, 7) is 1.96. The number of nitrogens with one attached hydrogen (secondary N) is 2. The molecule has 72 valence electrons. The first-order valence-corrected chi connectivity index (χ1v) is 4.46. The molecule has 4 nitrogen and oxygen atoms in total. The average Bonchev–Trinajstić information content (AvgIpc) is 2.69. The van der Waals surface area contributed by atoms with E-state index in [4.69, 9.17) is 0 Å². The third-order valence-corrected chi connectivity index (χ3v) is 1.97. The van der Waals surface area contributed by atoms with Crippen molar-refractivity contribution in [3.05, 3.63) is 30.2 Å². The van der Waals surface area contributed by atoms with Gasteiger partial charge in [0.15, 0.2) is 0 Å². The minimum atomic E-state index is 0.654. The number of hydrogen-bond donors (Lipinski definition) is 2. The summed E-state index contributed by atoms with van der Waals surface area (Å²) in [6, 6.07) is 3.95. The summed E-state index contributed by atoms with van der Waals surface area (Å²) in [6.07, 6.45) is 3.80. The van der Waals surface area contributed by atoms with Crippen molar-refractivity contribution in [2.75, 3.05) is 12.4 Å². The summed E-state index contributed by atoms with van der Waals surface area (Å²) in [5.41, 5.74) is 2.97. The molecule has 0 amide bonds. The van der Waals surface area contributed by atoms with Crippen molar-refractivity contribution < 1.29 is 0 Å². The van der Waals surface area contributed by atoms with Gasteiger partial charge in [0.05, 0.1) is 5.69 Å². The molecule has 0 aliphatic rings. The van der Waals surface area contributed by atoms with Gasteiger partial charge in [0.2, 0.25) is 5.95 Å². The molecule has 0 fully saturated rings. The maximum absolute atomic E-state index is 4.35. The lowest BCUT2D eigenvalue weighted by Crippen LogP contribution is -1.98. The molecule has 2 rings (SSSR count). The van der Waals surface area contributed by atoms with Crippen molar-refractivity contribution in [2.24, 2.45) is 0 Å². The van der Waals surface area contributed by atoms with E-state index < -0.39 is 0 Å². The highest BCUT2D eigenvalue weighted by Gasteiger charge is 2.03. The summed E-state index contributed by atoms with van der Waals surface area (Å²) in [5, 5.41) is 2.94. The van der Waals surface area contributed by atoms with Gasteiger partial charge >= 0.3 is 0 Å². The lowest BCUT2D eigenvalue weighted by Gasteiger charge is -2.03. The largest absolute Gasteiger partial charge is 0.367 e. The predicted molar refractivity (Wildman–Crippen MR) is 56.1 cm³/mol. The molecular weight excluding hydrogens is 176 g/mol. The number of aromatic nitrogens is 3. The lowest BCUT2D eigenvalue weighted by molar-refractivity contribution is 1.10. The topological polar surface area (TPSA) is 53.6 Å². The van der Waals surface area contributed by atoms with Crippen LogP contribution in [0.5, 0.6) is 0 Å². The summed E-state index contributed by atoms with van der Waals surface area (Å²) in [4.78, 5) is 11.6. The van der Waals surface area contributed by atoms with E-state index in [9.17, 15) is 0 Å². The molecule has 0 atom stereocenters. The fourth-order valence-electron chi connectivity index (χ4n) is 1.31. The van der Waals surface area contributed by atoms with Crippen molar-refractivity contribution in [3.63, 3.8) is 0 Å². The zero-order valence-corrected chi connectivity index (χ0v) is 8.20. The van der Waals surface area contributed by atoms with Crippen molar-refractivity contribution in [2.45, 2.75) is 6.92 Å². The van der Waals surface area contributed by atoms with E-state index in [0.29, 0.717) is 5.95 Å². The summed E-state index contributed by atoms with van der Waals surface area (Å²) in [5.74, 6) is 0.654. The molecule has 0 radical (unpaired) electrons. The van der Waals surface area contributed by atoms with E-state index in [1.165, 1.54) is 0 Å². The molecule has 0 spiro atoms. The van der Waals surface area contributed by atoms with Crippen LogP contribution < -0.4 is 5.32 Å². The minimum absolute atomic E-state index is 0.654. The average molecular weight is 188 g/mol. The van der Waals surface area contributed by atoms with Crippen molar-refractivity contribution in [1.29, 1.82) is 0 Å². The van der Waals surface area contributed by atoms with Crippen LogP contribution in [-0.2, 0) is 0 Å². The highest BCUT2D eigenvalue weighted by molar-refractivity contribution is 5.59. The van der Waals surface area contributed by atoms with Crippen molar-refractivity contribution >= 4 is 5.95 Å². The number of H-pyrrole nitrogens is 1. The molecule has 0 unspecified atom stereocenters. The first-order valence-electron chi connectivity index (χ1n) is 4.46. The van der Waals surface area contributed by atoms with Gasteiger partial charge < -0.3 is 10.3 Å². The molecule has 14 heavy (non-hydrogen) atoms. The first kappa shape index (κ1) is 8.74. The third kappa shape index (κ3) is 1.59. The van der Waals surface area contributed by atoms with Crippen LogP contribution in [0.15, 0.2) is 24.5 Å². The fraction of sp³-hybridized carbons (Fsp3) is 0.200. The Morgan fingerprint density at radius 2 is 2.21 bits per heavy atom. The Morgan fingerprint density at radius 3 is 2.86 bits per heavy atom. The SMILES string of the molecule is CNc1nc(C)cc(-c2cc[nH]c2)n1. The van der Waals surface area contributed by atoms with Crippen LogP contribution in [0.25, 0.3) is 11.3 Å². The maximum Gasteiger partial charge on any atom is 0.223 e. The first-order chi connectivity index (χ1) is 6.79. The predicted octanol–water partition coefficient (Wildman–Crippen LogP) is 1.82. The zero-order valence-electron chi connectivity index (χ0n) is 8.20. The fourth-order valence-corrected chi connectivity index (χ4v) is 1.31. The van der Waals surface area contributed by atoms with Gasteiger partial charge in [-0.3, -0.25) is 0 Å². The molecular formula is C10H12N4. The van der Waals surface area contributed by atoms with Crippen LogP contribution in [0.4, 0.5) is 5.95 Å². The summed E-state index contributed by atoms with van der Waals surface area (Å²) >= 11 is 0. The maximum atomic E-state index is 4.35. The van der Waals surface area contributed by atoms with E-state index >= 15 is 0 Å². The van der Waals surface area contributed by atoms with Crippen LogP contribution >= 0.6 is 0 Å². The van der Waals surface area contributed by atoms with Gasteiger partial charge in [-0.15, -0.1) is 0 Å². The van der Waals surface area contributed by atoms with Gasteiger partial charge in [0.1, 0.15) is 0 Å². The molecule has 0 saturated carbocycles. The smallest absolute Gasteiger partial charge is 0.223 e. The normalized spacial score (nSPS) is 10.1. The highest BCUT2D eigenvalue weighted by atomic mass is 15.1. The van der Waals surface area contributed by atoms with Gasteiger partial charge in [-0.1, -0.05) is 0 Å². The standard InChI is InChI=1S/C10H12N4/c1-7-5-9(8-3-4-12-6-8)14-10(11-2)13-7/h3-6,12H,1-2H3,(H,11,13,14). The molecule has 0 saturated heterocycles. The van der Waals surface area contributed by atoms with Crippen molar-refractivity contribution in [3.8, 4) is 11.3 Å². The molecule has 0 aliphatic carbocycles. The minimum Gasteiger partial charge on any atom is -0.367 e. The Labute approximate surface area is 82.4 Å². The van der Waals surface area contributed by atoms with Crippen LogP contribution in [0.2, 0.25) is 0 Å². The van der Waals surface area contributed by atoms with Gasteiger partial charge in [-0.2, -0.15) is 0 Å². The Kier molecular flexibility index (Phi) is 2.18. The number of hydrogen-bond acceptors (Lipinski definition) is 3. The highest BCUT2D eigenvalue weighted by Crippen LogP contribution is 2.17. The molecule has 0 bridgehead atoms. The second-order valence-corrected chi connectivity index (χ2v) is 3.07. The second kappa shape index (κ2) is 3.49. The Balaban J connectivity index is 2.48. The number of nitrogens with zero attached hydrogens (tertiary/aromatic N) is 2. The lowest BCUT2D eigenvalue weighted by atomic mass is 10.2. The summed E-state index contributed by atoms with van der Waals surface area (Å²) < 4.78 is 0. The quantitative estimate of drug-likeness (QED) is 0.755. The number of aromatic amines is 1. The van der Waals surface area contributed by atoms with Gasteiger partial charge in [-0.25, -0.2) is 9.97 Å². The van der Waals surface area contributed by atoms with Crippen LogP contribution in [-0.4, -0.2) is 22.0 Å². The molecule has 2 aromatic heterocycles. The van der Waals surface area contributed by atoms with Gasteiger partial charge in [-0.05, 0) is 19.1 Å². The van der Waals surface area contributed by atoms with Crippen LogP contribution in [0.3, 0.4) is 0 Å². The Bertz CT molecular complexity index is 420. The molecule has 2 aromatic rings. The number of rotatable bonds is 2. The third-order valence-electron chi connectivity index (χ3n) is 1.97. The van der Waals surface area contributed by atoms with Crippen LogP contribution in [0, 0.1) is 6.92 Å². The zero-order chi connectivity index (χ0) is 9.97. The summed E-state index contributed by atoms with van der Waals surface area (Å²) in [7, 11) is 1.82. The Hall–Kier alpha value is -1.84. The van der Waals surface area contributed by atoms with E-state index in [1.807, 2.05) is 38.5 Å². The van der Waals surface area contributed by atoms with Crippen molar-refractivity contribution in [1.82, 2.24) is 15.0 Å². The second-order valence-electron chi connectivity index (χ2n) is 3.07. The van der Waals surface area contributed by atoms with E-state index in [0.717, 1.165) is 17.0 Å². The van der Waals surface area contributed by atoms with Crippen LogP contribution in [0.1, 0.15) is 5.69 Å². The monoisotopic (exact) mass is 188 g/mol. The number of anilines is 1. The van der Waals surface area contributed by atoms with Gasteiger partial charge in [0, 0.05) is 30.7 Å². The number of aryl methyl sites for hydroxylation is 1. The van der Waals surface area contributed by atoms with Gasteiger partial charge in [0.25, 0.3) is 0 Å². The molecule has 2 N–H and O–H groups in total. The molecule has 2 heterocycles. The molecule has 4 heteroatoms. The molecule has 0 aromatic carbocycles.